The van der Waals surface area contributed by atoms with Crippen LogP contribution in [0.2, 0.25) is 0 Å². The van der Waals surface area contributed by atoms with Crippen LogP contribution in [0, 0.1) is 22.6 Å². The van der Waals surface area contributed by atoms with Crippen LogP contribution in [0.1, 0.15) is 43.7 Å². The van der Waals surface area contributed by atoms with E-state index in [0.29, 0.717) is 5.56 Å². The number of halogens is 1. The molecule has 1 saturated carbocycles. The van der Waals surface area contributed by atoms with Crippen LogP contribution < -0.4 is 0 Å². The molecule has 1 atom stereocenters. The Morgan fingerprint density at radius 3 is 2.65 bits per heavy atom. The zero-order valence-corrected chi connectivity index (χ0v) is 9.96. The number of benzene rings is 1. The number of hydrogen-bond acceptors (Lipinski definition) is 2. The first-order chi connectivity index (χ1) is 7.95. The monoisotopic (exact) mass is 231 g/mol. The minimum Gasteiger partial charge on any atom is -0.298 e. The van der Waals surface area contributed by atoms with Gasteiger partial charge in [0, 0.05) is 11.3 Å². The van der Waals surface area contributed by atoms with E-state index in [0.717, 1.165) is 12.8 Å². The molecule has 0 bridgehead atoms. The second kappa shape index (κ2) is 3.96. The van der Waals surface area contributed by atoms with Crippen molar-refractivity contribution in [3.8, 4) is 6.07 Å². The molecule has 1 aromatic carbocycles. The van der Waals surface area contributed by atoms with Gasteiger partial charge in [-0.25, -0.2) is 4.39 Å². The molecule has 0 heterocycles. The predicted octanol–water partition coefficient (Wildman–Crippen LogP) is 3.17. The van der Waals surface area contributed by atoms with Gasteiger partial charge in [-0.05, 0) is 30.5 Å². The van der Waals surface area contributed by atoms with Gasteiger partial charge in [-0.1, -0.05) is 19.9 Å². The van der Waals surface area contributed by atoms with Crippen LogP contribution in [0.25, 0.3) is 0 Å². The summed E-state index contributed by atoms with van der Waals surface area (Å²) in [5.74, 6) is -0.587. The van der Waals surface area contributed by atoms with Crippen LogP contribution in [0.5, 0.6) is 0 Å². The third kappa shape index (κ3) is 1.95. The molecule has 2 nitrogen and oxygen atoms in total. The Morgan fingerprint density at radius 1 is 1.47 bits per heavy atom. The number of rotatable bonds is 1. The van der Waals surface area contributed by atoms with Gasteiger partial charge < -0.3 is 0 Å². The number of carbonyl (C=O) groups is 1. The van der Waals surface area contributed by atoms with Crippen LogP contribution in [-0.4, -0.2) is 5.78 Å². The second-order valence-corrected chi connectivity index (χ2v) is 5.19. The lowest BCUT2D eigenvalue weighted by atomic mass is 9.87. The highest BCUT2D eigenvalue weighted by Gasteiger charge is 2.41. The molecule has 0 saturated heterocycles. The smallest absolute Gasteiger partial charge is 0.145 e. The number of nitriles is 1. The first kappa shape index (κ1) is 11.8. The molecule has 2 rings (SSSR count). The molecule has 1 aliphatic carbocycles. The fourth-order valence-corrected chi connectivity index (χ4v) is 2.39. The van der Waals surface area contributed by atoms with Crippen molar-refractivity contribution in [2.24, 2.45) is 5.41 Å². The third-order valence-corrected chi connectivity index (χ3v) is 3.56. The highest BCUT2D eigenvalue weighted by molar-refractivity contribution is 5.92. The van der Waals surface area contributed by atoms with Crippen molar-refractivity contribution in [1.29, 1.82) is 5.26 Å². The maximum absolute atomic E-state index is 13.5. The van der Waals surface area contributed by atoms with Crippen molar-refractivity contribution in [2.75, 3.05) is 0 Å². The van der Waals surface area contributed by atoms with Gasteiger partial charge in [-0.2, -0.15) is 5.26 Å². The normalized spacial score (nSPS) is 22.5. The van der Waals surface area contributed by atoms with E-state index in [1.165, 1.54) is 12.1 Å². The summed E-state index contributed by atoms with van der Waals surface area (Å²) in [6.45, 7) is 3.85. The summed E-state index contributed by atoms with van der Waals surface area (Å²) in [5.41, 5.74) is 0.408. The Hall–Kier alpha value is -1.69. The third-order valence-electron chi connectivity index (χ3n) is 3.56. The molecule has 1 aromatic rings. The summed E-state index contributed by atoms with van der Waals surface area (Å²) in [7, 11) is 0. The molecular formula is C14H14FNO. The molecule has 3 heteroatoms. The van der Waals surface area contributed by atoms with Crippen molar-refractivity contribution in [2.45, 2.75) is 32.6 Å². The second-order valence-electron chi connectivity index (χ2n) is 5.19. The van der Waals surface area contributed by atoms with E-state index >= 15 is 0 Å². The molecule has 17 heavy (non-hydrogen) atoms. The summed E-state index contributed by atoms with van der Waals surface area (Å²) < 4.78 is 13.5. The number of carbonyl (C=O) groups excluding carboxylic acids is 1. The number of hydrogen-bond donors (Lipinski definition) is 0. The molecule has 0 radical (unpaired) electrons. The van der Waals surface area contributed by atoms with E-state index in [1.807, 2.05) is 13.8 Å². The average molecular weight is 231 g/mol. The average Bonchev–Trinajstić information content (AvgIpc) is 2.54. The minimum absolute atomic E-state index is 0.0263. The molecule has 0 amide bonds. The number of nitrogens with zero attached hydrogens (tertiary/aromatic N) is 1. The van der Waals surface area contributed by atoms with Crippen molar-refractivity contribution in [1.82, 2.24) is 0 Å². The Labute approximate surface area is 100 Å². The van der Waals surface area contributed by atoms with E-state index < -0.39 is 5.82 Å². The fraction of sp³-hybridized carbons (Fsp3) is 0.429. The van der Waals surface area contributed by atoms with E-state index in [2.05, 4.69) is 0 Å². The maximum Gasteiger partial charge on any atom is 0.145 e. The van der Waals surface area contributed by atoms with Gasteiger partial charge in [0.2, 0.25) is 0 Å². The van der Waals surface area contributed by atoms with Crippen LogP contribution in [0.15, 0.2) is 18.2 Å². The maximum atomic E-state index is 13.5. The summed E-state index contributed by atoms with van der Waals surface area (Å²) in [6.07, 6.45) is 1.59. The summed E-state index contributed by atoms with van der Waals surface area (Å²) >= 11 is 0. The van der Waals surface area contributed by atoms with Crippen LogP contribution in [0.3, 0.4) is 0 Å². The molecular weight excluding hydrogens is 217 g/mol. The predicted molar refractivity (Wildman–Crippen MR) is 61.9 cm³/mol. The number of Topliss-reactive ketones (excluding diaryl/α,β-unsaturated/α-hetero) is 1. The van der Waals surface area contributed by atoms with Gasteiger partial charge in [0.05, 0.1) is 5.56 Å². The van der Waals surface area contributed by atoms with Gasteiger partial charge >= 0.3 is 0 Å². The Kier molecular flexibility index (Phi) is 2.74. The molecule has 88 valence electrons. The van der Waals surface area contributed by atoms with Crippen LogP contribution in [-0.2, 0) is 4.79 Å². The lowest BCUT2D eigenvalue weighted by Crippen LogP contribution is -2.20. The topological polar surface area (TPSA) is 40.9 Å². The molecule has 1 aliphatic rings. The quantitative estimate of drug-likeness (QED) is 0.744. The standard InChI is InChI=1S/C14H14FNO/c1-14(2)6-5-11(13(14)17)9-3-4-10(8-16)12(15)7-9/h3-4,7,11H,5-6H2,1-2H3. The van der Waals surface area contributed by atoms with Gasteiger partial charge in [0.15, 0.2) is 0 Å². The summed E-state index contributed by atoms with van der Waals surface area (Å²) in [5, 5.41) is 8.65. The first-order valence-electron chi connectivity index (χ1n) is 5.69. The molecule has 0 spiro atoms. The lowest BCUT2D eigenvalue weighted by Gasteiger charge is -2.16. The van der Waals surface area contributed by atoms with E-state index in [1.54, 1.807) is 12.1 Å². The molecule has 0 aromatic heterocycles. The minimum atomic E-state index is -0.539. The Morgan fingerprint density at radius 2 is 2.18 bits per heavy atom. The molecule has 0 aliphatic heterocycles. The largest absolute Gasteiger partial charge is 0.298 e. The van der Waals surface area contributed by atoms with Crippen molar-refractivity contribution in [3.05, 3.63) is 35.1 Å². The Bertz CT molecular complexity index is 513. The van der Waals surface area contributed by atoms with Crippen LogP contribution in [0.4, 0.5) is 4.39 Å². The van der Waals surface area contributed by atoms with Crippen molar-refractivity contribution < 1.29 is 9.18 Å². The van der Waals surface area contributed by atoms with Gasteiger partial charge in [-0.3, -0.25) is 4.79 Å². The van der Waals surface area contributed by atoms with E-state index in [4.69, 9.17) is 5.26 Å². The van der Waals surface area contributed by atoms with Crippen molar-refractivity contribution >= 4 is 5.78 Å². The van der Waals surface area contributed by atoms with Gasteiger partial charge in [0.25, 0.3) is 0 Å². The number of ketones is 1. The van der Waals surface area contributed by atoms with Crippen molar-refractivity contribution in [3.63, 3.8) is 0 Å². The molecule has 0 N–H and O–H groups in total. The summed E-state index contributed by atoms with van der Waals surface area (Å²) in [6, 6.07) is 6.24. The zero-order valence-electron chi connectivity index (χ0n) is 9.96. The first-order valence-corrected chi connectivity index (χ1v) is 5.69. The SMILES string of the molecule is CC1(C)CCC(c2ccc(C#N)c(F)c2)C1=O. The lowest BCUT2D eigenvalue weighted by molar-refractivity contribution is -0.125. The van der Waals surface area contributed by atoms with Gasteiger partial charge in [-0.15, -0.1) is 0 Å². The fourth-order valence-electron chi connectivity index (χ4n) is 2.39. The van der Waals surface area contributed by atoms with Gasteiger partial charge in [0.1, 0.15) is 17.7 Å². The van der Waals surface area contributed by atoms with E-state index in [-0.39, 0.29) is 22.7 Å². The van der Waals surface area contributed by atoms with Crippen LogP contribution >= 0.6 is 0 Å². The summed E-state index contributed by atoms with van der Waals surface area (Å²) in [4.78, 5) is 12.1. The highest BCUT2D eigenvalue weighted by atomic mass is 19.1. The Balaban J connectivity index is 2.35. The highest BCUT2D eigenvalue weighted by Crippen LogP contribution is 2.42. The zero-order chi connectivity index (χ0) is 12.6. The molecule has 1 fully saturated rings. The van der Waals surface area contributed by atoms with E-state index in [9.17, 15) is 9.18 Å². The molecule has 1 unspecified atom stereocenters.